The van der Waals surface area contributed by atoms with E-state index < -0.39 is 0 Å². The van der Waals surface area contributed by atoms with Gasteiger partial charge in [-0.25, -0.2) is 5.43 Å². The van der Waals surface area contributed by atoms with Gasteiger partial charge in [0, 0.05) is 36.8 Å². The van der Waals surface area contributed by atoms with Crippen LogP contribution in [0.5, 0.6) is 0 Å². The fraction of sp³-hybridized carbons (Fsp3) is 0.462. The van der Waals surface area contributed by atoms with Crippen LogP contribution in [0.4, 0.5) is 0 Å². The summed E-state index contributed by atoms with van der Waals surface area (Å²) in [5.74, 6) is -0.474. The first-order valence-corrected chi connectivity index (χ1v) is 7.34. The highest BCUT2D eigenvalue weighted by atomic mass is 32.1. The van der Waals surface area contributed by atoms with Gasteiger partial charge >= 0.3 is 0 Å². The topological polar surface area (TPSA) is 90.8 Å². The van der Waals surface area contributed by atoms with Crippen LogP contribution in [0.15, 0.2) is 22.6 Å². The maximum absolute atomic E-state index is 11.9. The van der Waals surface area contributed by atoms with E-state index in [1.54, 1.807) is 11.3 Å². The van der Waals surface area contributed by atoms with E-state index in [0.717, 1.165) is 6.42 Å². The van der Waals surface area contributed by atoms with E-state index in [1.807, 2.05) is 17.5 Å². The maximum atomic E-state index is 11.9. The summed E-state index contributed by atoms with van der Waals surface area (Å²) in [6.45, 7) is 0.404. The minimum absolute atomic E-state index is 0.0153. The Bertz CT molecular complexity index is 499. The second kappa shape index (κ2) is 7.16. The second-order valence-electron chi connectivity index (χ2n) is 4.64. The third-order valence-corrected chi connectivity index (χ3v) is 3.94. The molecule has 2 amide bonds. The van der Waals surface area contributed by atoms with Gasteiger partial charge in [0.05, 0.1) is 0 Å². The lowest BCUT2D eigenvalue weighted by Crippen LogP contribution is -2.39. The molecule has 1 atom stereocenters. The number of rotatable bonds is 6. The predicted molar refractivity (Wildman–Crippen MR) is 76.4 cm³/mol. The van der Waals surface area contributed by atoms with E-state index >= 15 is 0 Å². The number of hydrogen-bond donors (Lipinski definition) is 3. The molecule has 1 aliphatic heterocycles. The molecule has 1 aromatic heterocycles. The smallest absolute Gasteiger partial charge is 0.267 e. The van der Waals surface area contributed by atoms with Crippen molar-refractivity contribution in [3.05, 3.63) is 22.4 Å². The molecule has 0 radical (unpaired) electrons. The molecular weight excluding hydrogens is 278 g/mol. The molecular formula is C13H17N3O3S. The highest BCUT2D eigenvalue weighted by molar-refractivity contribution is 7.09. The molecule has 3 N–H and O–H groups in total. The summed E-state index contributed by atoms with van der Waals surface area (Å²) in [7, 11) is 0. The van der Waals surface area contributed by atoms with E-state index in [1.165, 1.54) is 4.88 Å². The van der Waals surface area contributed by atoms with E-state index in [4.69, 9.17) is 0 Å². The van der Waals surface area contributed by atoms with Gasteiger partial charge in [-0.3, -0.25) is 9.59 Å². The van der Waals surface area contributed by atoms with Gasteiger partial charge in [-0.15, -0.1) is 11.3 Å². The van der Waals surface area contributed by atoms with Crippen molar-refractivity contribution in [2.24, 2.45) is 11.0 Å². The molecule has 7 heteroatoms. The first-order valence-electron chi connectivity index (χ1n) is 6.46. The van der Waals surface area contributed by atoms with Gasteiger partial charge in [0.25, 0.3) is 5.91 Å². The van der Waals surface area contributed by atoms with Gasteiger partial charge in [0.1, 0.15) is 5.71 Å². The Hall–Kier alpha value is -1.73. The zero-order valence-corrected chi connectivity index (χ0v) is 11.8. The molecule has 0 bridgehead atoms. The molecule has 1 aromatic rings. The van der Waals surface area contributed by atoms with Crippen LogP contribution in [0.2, 0.25) is 0 Å². The number of amides is 2. The zero-order valence-electron chi connectivity index (χ0n) is 11.0. The van der Waals surface area contributed by atoms with Crippen molar-refractivity contribution in [2.75, 3.05) is 13.2 Å². The van der Waals surface area contributed by atoms with Gasteiger partial charge in [0.2, 0.25) is 5.91 Å². The molecule has 1 aliphatic rings. The van der Waals surface area contributed by atoms with Crippen LogP contribution in [0.25, 0.3) is 0 Å². The second-order valence-corrected chi connectivity index (χ2v) is 5.67. The normalized spacial score (nSPS) is 16.2. The van der Waals surface area contributed by atoms with E-state index in [2.05, 4.69) is 15.8 Å². The minimum atomic E-state index is -0.283. The molecule has 108 valence electrons. The van der Waals surface area contributed by atoms with Crippen LogP contribution < -0.4 is 10.7 Å². The number of nitrogens with zero attached hydrogens (tertiary/aromatic N) is 1. The molecule has 0 fully saturated rings. The number of thiophene rings is 1. The molecule has 0 saturated carbocycles. The molecule has 20 heavy (non-hydrogen) atoms. The van der Waals surface area contributed by atoms with Crippen molar-refractivity contribution in [3.8, 4) is 0 Å². The predicted octanol–water partition coefficient (Wildman–Crippen LogP) is 0.281. The van der Waals surface area contributed by atoms with Crippen LogP contribution in [-0.4, -0.2) is 35.8 Å². The summed E-state index contributed by atoms with van der Waals surface area (Å²) in [6, 6.07) is 3.97. The lowest BCUT2D eigenvalue weighted by molar-refractivity contribution is -0.121. The summed E-state index contributed by atoms with van der Waals surface area (Å²) in [5, 5.41) is 17.8. The van der Waals surface area contributed by atoms with Gasteiger partial charge < -0.3 is 10.4 Å². The molecule has 0 aromatic carbocycles. The maximum Gasteiger partial charge on any atom is 0.267 e. The first kappa shape index (κ1) is 14.7. The molecule has 0 aliphatic carbocycles. The van der Waals surface area contributed by atoms with Gasteiger partial charge in [0.15, 0.2) is 0 Å². The summed E-state index contributed by atoms with van der Waals surface area (Å²) < 4.78 is 0. The fourth-order valence-corrected chi connectivity index (χ4v) is 2.71. The van der Waals surface area contributed by atoms with Crippen LogP contribution in [-0.2, 0) is 16.0 Å². The molecule has 2 heterocycles. The van der Waals surface area contributed by atoms with Crippen LogP contribution in [0, 0.1) is 5.92 Å². The number of aliphatic hydroxyl groups is 1. The third-order valence-electron chi connectivity index (χ3n) is 3.05. The van der Waals surface area contributed by atoms with E-state index in [0.29, 0.717) is 18.7 Å². The highest BCUT2D eigenvalue weighted by Crippen LogP contribution is 2.14. The lowest BCUT2D eigenvalue weighted by Gasteiger charge is -2.16. The fourth-order valence-electron chi connectivity index (χ4n) is 1.89. The lowest BCUT2D eigenvalue weighted by atomic mass is 10.1. The standard InChI is InChI=1S/C13H17N3O3S/c17-8-9(6-10-2-1-5-20-10)7-14-13(19)11-3-4-12(18)16-15-11/h1-2,5,9,17H,3-4,6-8H2,(H,14,19)(H,16,18)/t9-/m1/s1. The summed E-state index contributed by atoms with van der Waals surface area (Å²) in [5.41, 5.74) is 2.62. The molecule has 0 unspecified atom stereocenters. The molecule has 0 spiro atoms. The number of hydrazone groups is 1. The van der Waals surface area contributed by atoms with Crippen LogP contribution in [0.1, 0.15) is 17.7 Å². The van der Waals surface area contributed by atoms with Gasteiger partial charge in [-0.1, -0.05) is 6.07 Å². The Morgan fingerprint density at radius 2 is 2.40 bits per heavy atom. The minimum Gasteiger partial charge on any atom is -0.396 e. The highest BCUT2D eigenvalue weighted by Gasteiger charge is 2.19. The molecule has 0 saturated heterocycles. The van der Waals surface area contributed by atoms with Gasteiger partial charge in [-0.2, -0.15) is 5.10 Å². The van der Waals surface area contributed by atoms with Crippen LogP contribution >= 0.6 is 11.3 Å². The largest absolute Gasteiger partial charge is 0.396 e. The Morgan fingerprint density at radius 3 is 3.00 bits per heavy atom. The van der Waals surface area contributed by atoms with Crippen molar-refractivity contribution in [1.82, 2.24) is 10.7 Å². The summed E-state index contributed by atoms with van der Waals surface area (Å²) in [4.78, 5) is 24.0. The number of hydrogen-bond acceptors (Lipinski definition) is 5. The molecule has 6 nitrogen and oxygen atoms in total. The quantitative estimate of drug-likeness (QED) is 0.704. The first-order chi connectivity index (χ1) is 9.69. The third kappa shape index (κ3) is 4.14. The molecule has 2 rings (SSSR count). The van der Waals surface area contributed by atoms with E-state index in [-0.39, 0.29) is 30.8 Å². The Labute approximate surface area is 120 Å². The summed E-state index contributed by atoms with van der Waals surface area (Å²) >= 11 is 1.63. The van der Waals surface area contributed by atoms with Crippen molar-refractivity contribution >= 4 is 28.9 Å². The van der Waals surface area contributed by atoms with Gasteiger partial charge in [-0.05, 0) is 17.9 Å². The Balaban J connectivity index is 1.80. The number of carbonyl (C=O) groups excluding carboxylic acids is 2. The van der Waals surface area contributed by atoms with Crippen molar-refractivity contribution in [2.45, 2.75) is 19.3 Å². The zero-order chi connectivity index (χ0) is 14.4. The van der Waals surface area contributed by atoms with Crippen molar-refractivity contribution in [3.63, 3.8) is 0 Å². The number of carbonyl (C=O) groups is 2. The average Bonchev–Trinajstić information content (AvgIpc) is 2.96. The monoisotopic (exact) mass is 295 g/mol. The Kier molecular flexibility index (Phi) is 5.25. The van der Waals surface area contributed by atoms with Crippen molar-refractivity contribution in [1.29, 1.82) is 0 Å². The average molecular weight is 295 g/mol. The van der Waals surface area contributed by atoms with E-state index in [9.17, 15) is 14.7 Å². The Morgan fingerprint density at radius 1 is 1.55 bits per heavy atom. The number of aliphatic hydroxyl groups excluding tert-OH is 1. The van der Waals surface area contributed by atoms with Crippen LogP contribution in [0.3, 0.4) is 0 Å². The van der Waals surface area contributed by atoms with Crippen molar-refractivity contribution < 1.29 is 14.7 Å². The SMILES string of the molecule is O=C1CCC(C(=O)NC[C@H](CO)Cc2cccs2)=NN1. The summed E-state index contributed by atoms with van der Waals surface area (Å²) in [6.07, 6.45) is 1.37. The number of nitrogens with one attached hydrogen (secondary N) is 2.